The minimum Gasteiger partial charge on any atom is -0.392 e. The fourth-order valence-corrected chi connectivity index (χ4v) is 3.19. The molecule has 1 fully saturated rings. The summed E-state index contributed by atoms with van der Waals surface area (Å²) in [5.74, 6) is -0.403. The number of carbonyl (C=O) groups excluding carboxylic acids is 1. The number of aliphatic hydroxyl groups excluding tert-OH is 1. The van der Waals surface area contributed by atoms with Gasteiger partial charge in [-0.05, 0) is 32.0 Å². The number of rotatable bonds is 3. The minimum absolute atomic E-state index is 0.0474. The first-order chi connectivity index (χ1) is 11.4. The summed E-state index contributed by atoms with van der Waals surface area (Å²) in [6.45, 7) is 6.93. The number of piperazine rings is 1. The van der Waals surface area contributed by atoms with Gasteiger partial charge >= 0.3 is 0 Å². The normalized spacial score (nSPS) is 17.2. The summed E-state index contributed by atoms with van der Waals surface area (Å²) in [5, 5.41) is 10.1. The van der Waals surface area contributed by atoms with E-state index >= 15 is 0 Å². The molecule has 1 atom stereocenters. The number of aliphatic hydroxyl groups is 1. The van der Waals surface area contributed by atoms with E-state index in [1.165, 1.54) is 12.1 Å². The Balaban J connectivity index is 1.82. The Morgan fingerprint density at radius 2 is 2.00 bits per heavy atom. The average molecular weight is 331 g/mol. The lowest BCUT2D eigenvalue weighted by Gasteiger charge is -2.35. The minimum atomic E-state index is -0.367. The summed E-state index contributed by atoms with van der Waals surface area (Å²) >= 11 is 0. The fourth-order valence-electron chi connectivity index (χ4n) is 3.19. The van der Waals surface area contributed by atoms with Gasteiger partial charge in [-0.15, -0.1) is 0 Å². The number of aromatic nitrogens is 1. The second kappa shape index (κ2) is 6.83. The predicted molar refractivity (Wildman–Crippen MR) is 90.5 cm³/mol. The summed E-state index contributed by atoms with van der Waals surface area (Å²) in [4.78, 5) is 21.2. The van der Waals surface area contributed by atoms with Crippen molar-refractivity contribution >= 4 is 16.8 Å². The molecule has 2 aromatic rings. The van der Waals surface area contributed by atoms with E-state index in [-0.39, 0.29) is 17.8 Å². The van der Waals surface area contributed by atoms with Crippen molar-refractivity contribution in [1.82, 2.24) is 14.8 Å². The van der Waals surface area contributed by atoms with Gasteiger partial charge in [-0.1, -0.05) is 0 Å². The van der Waals surface area contributed by atoms with E-state index in [0.29, 0.717) is 41.8 Å². The number of fused-ring (bicyclic) bond motifs is 1. The van der Waals surface area contributed by atoms with Crippen LogP contribution in [0.4, 0.5) is 4.39 Å². The smallest absolute Gasteiger partial charge is 0.254 e. The largest absolute Gasteiger partial charge is 0.392 e. The molecule has 5 nitrogen and oxygen atoms in total. The number of amides is 1. The SMILES string of the molecule is Cc1cc(C(=O)N2CCN(CC(C)O)CC2)c2ccc(F)cc2n1. The van der Waals surface area contributed by atoms with E-state index in [1.54, 1.807) is 19.1 Å². The Kier molecular flexibility index (Phi) is 4.78. The molecule has 0 spiro atoms. The standard InChI is InChI=1S/C18H22FN3O2/c1-12-9-16(15-4-3-14(19)10-17(15)20-12)18(24)22-7-5-21(6-8-22)11-13(2)23/h3-4,9-10,13,23H,5-8,11H2,1-2H3. The molecule has 1 aliphatic heterocycles. The van der Waals surface area contributed by atoms with Gasteiger partial charge in [0, 0.05) is 49.9 Å². The van der Waals surface area contributed by atoms with Crippen LogP contribution >= 0.6 is 0 Å². The fraction of sp³-hybridized carbons (Fsp3) is 0.444. The first-order valence-corrected chi connectivity index (χ1v) is 8.20. The second-order valence-corrected chi connectivity index (χ2v) is 6.41. The van der Waals surface area contributed by atoms with E-state index in [0.717, 1.165) is 13.1 Å². The van der Waals surface area contributed by atoms with Crippen LogP contribution in [0.5, 0.6) is 0 Å². The molecule has 0 saturated carbocycles. The van der Waals surface area contributed by atoms with Crippen LogP contribution in [0.25, 0.3) is 10.9 Å². The Morgan fingerprint density at radius 3 is 2.67 bits per heavy atom. The quantitative estimate of drug-likeness (QED) is 0.932. The van der Waals surface area contributed by atoms with Gasteiger partial charge in [0.25, 0.3) is 5.91 Å². The number of benzene rings is 1. The molecule has 3 rings (SSSR count). The number of halogens is 1. The Labute approximate surface area is 140 Å². The van der Waals surface area contributed by atoms with Crippen molar-refractivity contribution < 1.29 is 14.3 Å². The highest BCUT2D eigenvalue weighted by Crippen LogP contribution is 2.21. The molecule has 1 aliphatic rings. The molecule has 1 amide bonds. The number of carbonyl (C=O) groups is 1. The molecule has 6 heteroatoms. The van der Waals surface area contributed by atoms with Gasteiger partial charge in [0.2, 0.25) is 0 Å². The first kappa shape index (κ1) is 16.8. The topological polar surface area (TPSA) is 56.7 Å². The second-order valence-electron chi connectivity index (χ2n) is 6.41. The van der Waals surface area contributed by atoms with E-state index < -0.39 is 0 Å². The zero-order chi connectivity index (χ0) is 17.3. The molecule has 1 aromatic heterocycles. The summed E-state index contributed by atoms with van der Waals surface area (Å²) in [6.07, 6.45) is -0.367. The van der Waals surface area contributed by atoms with E-state index in [1.807, 2.05) is 11.8 Å². The van der Waals surface area contributed by atoms with Crippen molar-refractivity contribution in [3.05, 3.63) is 41.3 Å². The highest BCUT2D eigenvalue weighted by molar-refractivity contribution is 6.06. The molecule has 0 aliphatic carbocycles. The van der Waals surface area contributed by atoms with Gasteiger partial charge in [0.05, 0.1) is 17.2 Å². The lowest BCUT2D eigenvalue weighted by atomic mass is 10.1. The molecule has 1 saturated heterocycles. The Hall–Kier alpha value is -2.05. The number of aryl methyl sites for hydroxylation is 1. The van der Waals surface area contributed by atoms with Crippen molar-refractivity contribution in [2.75, 3.05) is 32.7 Å². The van der Waals surface area contributed by atoms with Crippen LogP contribution < -0.4 is 0 Å². The first-order valence-electron chi connectivity index (χ1n) is 8.20. The molecule has 1 unspecified atom stereocenters. The third kappa shape index (κ3) is 3.55. The lowest BCUT2D eigenvalue weighted by Crippen LogP contribution is -2.50. The van der Waals surface area contributed by atoms with Gasteiger partial charge in [-0.25, -0.2) is 4.39 Å². The molecule has 0 radical (unpaired) electrons. The van der Waals surface area contributed by atoms with Crippen molar-refractivity contribution in [2.24, 2.45) is 0 Å². The zero-order valence-corrected chi connectivity index (χ0v) is 14.0. The molecule has 1 aromatic carbocycles. The third-order valence-electron chi connectivity index (χ3n) is 4.31. The van der Waals surface area contributed by atoms with E-state index in [2.05, 4.69) is 9.88 Å². The van der Waals surface area contributed by atoms with Crippen LogP contribution in [0.3, 0.4) is 0 Å². The zero-order valence-electron chi connectivity index (χ0n) is 14.0. The summed E-state index contributed by atoms with van der Waals surface area (Å²) in [6, 6.07) is 6.11. The van der Waals surface area contributed by atoms with Crippen molar-refractivity contribution in [2.45, 2.75) is 20.0 Å². The molecular weight excluding hydrogens is 309 g/mol. The maximum Gasteiger partial charge on any atom is 0.254 e. The highest BCUT2D eigenvalue weighted by atomic mass is 19.1. The van der Waals surface area contributed by atoms with Crippen LogP contribution in [-0.2, 0) is 0 Å². The molecule has 0 bridgehead atoms. The highest BCUT2D eigenvalue weighted by Gasteiger charge is 2.24. The Bertz CT molecular complexity index is 750. The number of nitrogens with zero attached hydrogens (tertiary/aromatic N) is 3. The van der Waals surface area contributed by atoms with Crippen LogP contribution in [0, 0.1) is 12.7 Å². The van der Waals surface area contributed by atoms with Gasteiger partial charge in [-0.2, -0.15) is 0 Å². The summed E-state index contributed by atoms with van der Waals surface area (Å²) in [7, 11) is 0. The van der Waals surface area contributed by atoms with Crippen LogP contribution in [0.15, 0.2) is 24.3 Å². The van der Waals surface area contributed by atoms with Crippen LogP contribution in [0.2, 0.25) is 0 Å². The van der Waals surface area contributed by atoms with E-state index in [9.17, 15) is 14.3 Å². The Morgan fingerprint density at radius 1 is 1.29 bits per heavy atom. The molecule has 128 valence electrons. The number of hydrogen-bond acceptors (Lipinski definition) is 4. The van der Waals surface area contributed by atoms with Crippen molar-refractivity contribution in [3.63, 3.8) is 0 Å². The predicted octanol–water partition coefficient (Wildman–Crippen LogP) is 1.82. The number of pyridine rings is 1. The van der Waals surface area contributed by atoms with Gasteiger partial charge < -0.3 is 10.0 Å². The number of hydrogen-bond donors (Lipinski definition) is 1. The van der Waals surface area contributed by atoms with Crippen molar-refractivity contribution in [3.8, 4) is 0 Å². The third-order valence-corrected chi connectivity index (χ3v) is 4.31. The van der Waals surface area contributed by atoms with Crippen molar-refractivity contribution in [1.29, 1.82) is 0 Å². The molecule has 24 heavy (non-hydrogen) atoms. The van der Waals surface area contributed by atoms with Gasteiger partial charge in [0.1, 0.15) is 5.82 Å². The average Bonchev–Trinajstić information content (AvgIpc) is 2.53. The monoisotopic (exact) mass is 331 g/mol. The van der Waals surface area contributed by atoms with Gasteiger partial charge in [-0.3, -0.25) is 14.7 Å². The van der Waals surface area contributed by atoms with Gasteiger partial charge in [0.15, 0.2) is 0 Å². The number of β-amino-alcohol motifs (C(OH)–C–C–N with tert-alkyl or cyclic N) is 1. The summed E-state index contributed by atoms with van der Waals surface area (Å²) in [5.41, 5.74) is 1.77. The van der Waals surface area contributed by atoms with Crippen LogP contribution in [0.1, 0.15) is 23.0 Å². The van der Waals surface area contributed by atoms with E-state index in [4.69, 9.17) is 0 Å². The summed E-state index contributed by atoms with van der Waals surface area (Å²) < 4.78 is 13.4. The lowest BCUT2D eigenvalue weighted by molar-refractivity contribution is 0.0555. The maximum atomic E-state index is 13.4. The maximum absolute atomic E-state index is 13.4. The van der Waals surface area contributed by atoms with Crippen LogP contribution in [-0.4, -0.2) is 64.6 Å². The molecule has 2 heterocycles. The molecular formula is C18H22FN3O2. The molecule has 1 N–H and O–H groups in total.